The van der Waals surface area contributed by atoms with E-state index in [1.54, 1.807) is 16.7 Å². The Hall–Kier alpha value is -0.520. The standard InChI is InChI=1S/C14H21BrN2OS/c1-10-8-13(11(2)7-12(10)15)19-9-14(18)17(4)6-5-16-3/h7-8,16H,5-6,9H2,1-4H3. The van der Waals surface area contributed by atoms with Crippen LogP contribution in [0.3, 0.4) is 0 Å². The minimum Gasteiger partial charge on any atom is -0.344 e. The van der Waals surface area contributed by atoms with Crippen molar-refractivity contribution in [2.75, 3.05) is 32.9 Å². The molecule has 3 nitrogen and oxygen atoms in total. The van der Waals surface area contributed by atoms with E-state index in [0.29, 0.717) is 5.75 Å². The van der Waals surface area contributed by atoms with E-state index in [9.17, 15) is 4.79 Å². The van der Waals surface area contributed by atoms with Crippen molar-refractivity contribution in [1.29, 1.82) is 0 Å². The van der Waals surface area contributed by atoms with E-state index in [0.717, 1.165) is 17.6 Å². The number of carbonyl (C=O) groups excluding carboxylic acids is 1. The molecule has 0 bridgehead atoms. The van der Waals surface area contributed by atoms with Crippen molar-refractivity contribution in [2.24, 2.45) is 0 Å². The zero-order valence-corrected chi connectivity index (χ0v) is 14.3. The number of hydrogen-bond donors (Lipinski definition) is 1. The quantitative estimate of drug-likeness (QED) is 0.805. The fourth-order valence-corrected chi connectivity index (χ4v) is 3.07. The molecule has 0 radical (unpaired) electrons. The summed E-state index contributed by atoms with van der Waals surface area (Å²) in [6.07, 6.45) is 0. The van der Waals surface area contributed by atoms with Crippen LogP contribution in [-0.2, 0) is 4.79 Å². The molecule has 106 valence electrons. The predicted molar refractivity (Wildman–Crippen MR) is 85.9 cm³/mol. The van der Waals surface area contributed by atoms with Crippen LogP contribution in [0.1, 0.15) is 11.1 Å². The number of carbonyl (C=O) groups is 1. The van der Waals surface area contributed by atoms with Gasteiger partial charge in [-0.1, -0.05) is 15.9 Å². The van der Waals surface area contributed by atoms with Crippen molar-refractivity contribution in [3.63, 3.8) is 0 Å². The first-order valence-corrected chi connectivity index (χ1v) is 8.01. The first-order valence-electron chi connectivity index (χ1n) is 6.23. The van der Waals surface area contributed by atoms with Gasteiger partial charge in [0.05, 0.1) is 5.75 Å². The Morgan fingerprint density at radius 2 is 2.05 bits per heavy atom. The number of amides is 1. The second kappa shape index (κ2) is 7.92. The van der Waals surface area contributed by atoms with Gasteiger partial charge < -0.3 is 10.2 Å². The third kappa shape index (κ3) is 5.16. The van der Waals surface area contributed by atoms with Gasteiger partial charge in [-0.15, -0.1) is 11.8 Å². The summed E-state index contributed by atoms with van der Waals surface area (Å²) >= 11 is 5.13. The second-order valence-electron chi connectivity index (χ2n) is 4.57. The normalized spacial score (nSPS) is 10.6. The maximum atomic E-state index is 12.0. The zero-order valence-electron chi connectivity index (χ0n) is 11.9. The molecule has 0 aliphatic rings. The molecule has 0 saturated heterocycles. The van der Waals surface area contributed by atoms with Crippen LogP contribution < -0.4 is 5.32 Å². The van der Waals surface area contributed by atoms with E-state index in [2.05, 4.69) is 47.2 Å². The van der Waals surface area contributed by atoms with Crippen LogP contribution >= 0.6 is 27.7 Å². The third-order valence-electron chi connectivity index (χ3n) is 2.93. The van der Waals surface area contributed by atoms with Crippen molar-refractivity contribution >= 4 is 33.6 Å². The smallest absolute Gasteiger partial charge is 0.232 e. The van der Waals surface area contributed by atoms with Gasteiger partial charge in [-0.25, -0.2) is 0 Å². The van der Waals surface area contributed by atoms with Crippen LogP contribution in [0.5, 0.6) is 0 Å². The lowest BCUT2D eigenvalue weighted by Crippen LogP contribution is -2.33. The molecule has 0 aromatic heterocycles. The van der Waals surface area contributed by atoms with Gasteiger partial charge in [0.1, 0.15) is 0 Å². The van der Waals surface area contributed by atoms with Gasteiger partial charge in [0.2, 0.25) is 5.91 Å². The number of thioether (sulfide) groups is 1. The lowest BCUT2D eigenvalue weighted by atomic mass is 10.2. The van der Waals surface area contributed by atoms with Crippen LogP contribution in [-0.4, -0.2) is 43.7 Å². The molecule has 1 N–H and O–H groups in total. The van der Waals surface area contributed by atoms with Crippen LogP contribution in [0.15, 0.2) is 21.5 Å². The van der Waals surface area contributed by atoms with E-state index >= 15 is 0 Å². The molecule has 0 unspecified atom stereocenters. The third-order valence-corrected chi connectivity index (χ3v) is 4.93. The first-order chi connectivity index (χ1) is 8.95. The Balaban J connectivity index is 2.57. The van der Waals surface area contributed by atoms with Gasteiger partial charge in [-0.05, 0) is 44.2 Å². The number of aryl methyl sites for hydroxylation is 2. The zero-order chi connectivity index (χ0) is 14.4. The number of halogens is 1. The summed E-state index contributed by atoms with van der Waals surface area (Å²) in [6, 6.07) is 4.23. The molecule has 0 atom stereocenters. The Morgan fingerprint density at radius 1 is 1.37 bits per heavy atom. The average Bonchev–Trinajstić information content (AvgIpc) is 2.38. The van der Waals surface area contributed by atoms with Gasteiger partial charge >= 0.3 is 0 Å². The summed E-state index contributed by atoms with van der Waals surface area (Å²) in [5, 5.41) is 3.04. The van der Waals surface area contributed by atoms with Crippen LogP contribution in [0.25, 0.3) is 0 Å². The molecule has 0 saturated carbocycles. The van der Waals surface area contributed by atoms with Gasteiger partial charge in [-0.2, -0.15) is 0 Å². The molecule has 0 spiro atoms. The van der Waals surface area contributed by atoms with Crippen molar-refractivity contribution in [1.82, 2.24) is 10.2 Å². The number of nitrogens with zero attached hydrogens (tertiary/aromatic N) is 1. The molecule has 0 aliphatic carbocycles. The van der Waals surface area contributed by atoms with Crippen LogP contribution in [0.2, 0.25) is 0 Å². The van der Waals surface area contributed by atoms with E-state index in [4.69, 9.17) is 0 Å². The number of likely N-dealkylation sites (N-methyl/N-ethyl adjacent to an activating group) is 2. The SMILES string of the molecule is CNCCN(C)C(=O)CSc1cc(C)c(Br)cc1C. The average molecular weight is 345 g/mol. The first kappa shape index (κ1) is 16.5. The summed E-state index contributed by atoms with van der Waals surface area (Å²) in [5.41, 5.74) is 2.40. The lowest BCUT2D eigenvalue weighted by molar-refractivity contribution is -0.127. The minimum atomic E-state index is 0.167. The number of hydrogen-bond acceptors (Lipinski definition) is 3. The monoisotopic (exact) mass is 344 g/mol. The topological polar surface area (TPSA) is 32.3 Å². The molecule has 1 aromatic rings. The maximum absolute atomic E-state index is 12.0. The minimum absolute atomic E-state index is 0.167. The maximum Gasteiger partial charge on any atom is 0.232 e. The second-order valence-corrected chi connectivity index (χ2v) is 6.45. The van der Waals surface area contributed by atoms with Crippen molar-refractivity contribution in [3.8, 4) is 0 Å². The van der Waals surface area contributed by atoms with E-state index in [-0.39, 0.29) is 5.91 Å². The molecule has 0 fully saturated rings. The van der Waals surface area contributed by atoms with Crippen molar-refractivity contribution in [2.45, 2.75) is 18.7 Å². The largest absolute Gasteiger partial charge is 0.344 e. The Morgan fingerprint density at radius 3 is 2.68 bits per heavy atom. The molecule has 0 heterocycles. The van der Waals surface area contributed by atoms with Crippen molar-refractivity contribution < 1.29 is 4.79 Å². The number of rotatable bonds is 6. The summed E-state index contributed by atoms with van der Waals surface area (Å²) in [4.78, 5) is 14.9. The molecular formula is C14H21BrN2OS. The Bertz CT molecular complexity index is 451. The summed E-state index contributed by atoms with van der Waals surface area (Å²) in [6.45, 7) is 5.70. The van der Waals surface area contributed by atoms with E-state index in [1.807, 2.05) is 14.1 Å². The molecule has 0 aliphatic heterocycles. The molecule has 19 heavy (non-hydrogen) atoms. The summed E-state index contributed by atoms with van der Waals surface area (Å²) in [5.74, 6) is 0.655. The van der Waals surface area contributed by atoms with E-state index < -0.39 is 0 Å². The highest BCUT2D eigenvalue weighted by molar-refractivity contribution is 9.10. The lowest BCUT2D eigenvalue weighted by Gasteiger charge is -2.17. The van der Waals surface area contributed by atoms with Crippen molar-refractivity contribution in [3.05, 3.63) is 27.7 Å². The van der Waals surface area contributed by atoms with Gasteiger partial charge in [0.15, 0.2) is 0 Å². The Labute approximate surface area is 128 Å². The fraction of sp³-hybridized carbons (Fsp3) is 0.500. The van der Waals surface area contributed by atoms with Crippen LogP contribution in [0, 0.1) is 13.8 Å². The molecule has 1 aromatic carbocycles. The highest BCUT2D eigenvalue weighted by atomic mass is 79.9. The molecular weight excluding hydrogens is 324 g/mol. The van der Waals surface area contributed by atoms with Gasteiger partial charge in [0, 0.05) is 29.5 Å². The highest BCUT2D eigenvalue weighted by Crippen LogP contribution is 2.28. The molecule has 1 amide bonds. The molecule has 5 heteroatoms. The highest BCUT2D eigenvalue weighted by Gasteiger charge is 2.10. The predicted octanol–water partition coefficient (Wildman–Crippen LogP) is 2.84. The van der Waals surface area contributed by atoms with E-state index in [1.165, 1.54) is 16.0 Å². The van der Waals surface area contributed by atoms with Crippen LogP contribution in [0.4, 0.5) is 0 Å². The fourth-order valence-electron chi connectivity index (χ4n) is 1.56. The summed E-state index contributed by atoms with van der Waals surface area (Å²) in [7, 11) is 3.74. The van der Waals surface area contributed by atoms with Gasteiger partial charge in [-0.3, -0.25) is 4.79 Å². The number of nitrogens with one attached hydrogen (secondary N) is 1. The van der Waals surface area contributed by atoms with Gasteiger partial charge in [0.25, 0.3) is 0 Å². The summed E-state index contributed by atoms with van der Waals surface area (Å²) < 4.78 is 1.12. The Kier molecular flexibility index (Phi) is 6.89. The molecule has 1 rings (SSSR count). The number of benzene rings is 1.